The number of pyridine rings is 2. The summed E-state index contributed by atoms with van der Waals surface area (Å²) in [6, 6.07) is 32.2. The Labute approximate surface area is 279 Å². The Morgan fingerprint density at radius 1 is 0.745 bits per heavy atom. The van der Waals surface area contributed by atoms with Crippen LogP contribution in [0.4, 0.5) is 4.39 Å². The zero-order valence-electron chi connectivity index (χ0n) is 24.8. The quantitative estimate of drug-likeness (QED) is 0.0852. The molecule has 0 unspecified atom stereocenters. The minimum atomic E-state index is -0.789. The molecule has 0 bridgehead atoms. The molecule has 0 spiro atoms. The minimum absolute atomic E-state index is 0. The van der Waals surface area contributed by atoms with E-state index in [-0.39, 0.29) is 39.7 Å². The van der Waals surface area contributed by atoms with Crippen LogP contribution in [0.25, 0.3) is 27.5 Å². The van der Waals surface area contributed by atoms with Crippen LogP contribution in [-0.2, 0) is 17.1 Å². The van der Waals surface area contributed by atoms with Crippen molar-refractivity contribution in [3.63, 3.8) is 0 Å². The Bertz CT molecular complexity index is 2170. The molecule has 0 aliphatic heterocycles. The smallest absolute Gasteiger partial charge is 0.858 e. The topological polar surface area (TPSA) is 135 Å². The maximum Gasteiger partial charge on any atom is 2.00 e. The van der Waals surface area contributed by atoms with Crippen molar-refractivity contribution in [3.8, 4) is 17.3 Å². The second-order valence-corrected chi connectivity index (χ2v) is 10.1. The van der Waals surface area contributed by atoms with Crippen LogP contribution in [0, 0.1) is 12.7 Å². The van der Waals surface area contributed by atoms with E-state index >= 15 is 0 Å². The average molecular weight is 672 g/mol. The van der Waals surface area contributed by atoms with Crippen molar-refractivity contribution >= 4 is 33.4 Å². The molecule has 0 fully saturated rings. The molecule has 1 radical (unpaired) electrons. The molecule has 9 nitrogen and oxygen atoms in total. The van der Waals surface area contributed by atoms with Crippen molar-refractivity contribution < 1.29 is 36.8 Å². The number of hydrogen-bond acceptors (Lipinski definition) is 8. The van der Waals surface area contributed by atoms with Crippen molar-refractivity contribution in [1.82, 2.24) is 19.7 Å². The molecular weight excluding hydrogens is 647 g/mol. The molecule has 0 aliphatic carbocycles. The number of aryl methyl sites for hydroxylation is 1. The molecule has 0 saturated carbocycles. The van der Waals surface area contributed by atoms with Crippen molar-refractivity contribution in [3.05, 3.63) is 156 Å². The third kappa shape index (κ3) is 7.01. The van der Waals surface area contributed by atoms with Crippen LogP contribution < -0.4 is 10.2 Å². The second kappa shape index (κ2) is 14.5. The third-order valence-electron chi connectivity index (χ3n) is 7.09. The van der Waals surface area contributed by atoms with Gasteiger partial charge in [0.05, 0.1) is 22.4 Å². The number of hydrogen-bond donors (Lipinski definition) is 1. The van der Waals surface area contributed by atoms with Gasteiger partial charge in [0.15, 0.2) is 0 Å². The molecule has 7 aromatic rings. The molecule has 7 rings (SSSR count). The molecule has 3 aromatic heterocycles. The molecule has 235 valence electrons. The van der Waals surface area contributed by atoms with Gasteiger partial charge in [-0.2, -0.15) is 15.3 Å². The van der Waals surface area contributed by atoms with Crippen LogP contribution in [0.15, 0.2) is 138 Å². The van der Waals surface area contributed by atoms with Crippen LogP contribution in [0.5, 0.6) is 11.6 Å². The number of nitrogens with zero attached hydrogens (tertiary/aromatic N) is 6. The standard InChI is InChI=1S/C24H19FN4O3.C12H8N2.Cu/c1-15-21(24(32)29(28-15)18-7-3-2-4-8-18)22(16-11-13-17(25)14-12-16)26-27-23(31)19-9-5-6-10-20(19)30;1-3-9-5-6-10-4-2-8-14-12(10)11(9)13-7-1;/h2-14,30,32H,1H3,(H,27,31);1-8H;/q;;+2/p-2/b26-22+;;. The maximum absolute atomic E-state index is 13.5. The molecule has 0 saturated heterocycles. The SMILES string of the molecule is Cc1nn(-c2ccccc2)c([O-])c1/C(=N/N=C(\[O-])c1ccccc1O)c1ccc(F)cc1.[Cu+2].c1cnc2c(c1)ccc1cccnc12. The number of phenols is 1. The molecule has 47 heavy (non-hydrogen) atoms. The van der Waals surface area contributed by atoms with E-state index < -0.39 is 17.6 Å². The predicted octanol–water partition coefficient (Wildman–Crippen LogP) is 5.44. The first-order valence-electron chi connectivity index (χ1n) is 14.2. The van der Waals surface area contributed by atoms with Gasteiger partial charge in [0.2, 0.25) is 0 Å². The Morgan fingerprint density at radius 3 is 1.96 bits per heavy atom. The maximum atomic E-state index is 13.5. The monoisotopic (exact) mass is 671 g/mol. The van der Waals surface area contributed by atoms with Crippen molar-refractivity contribution in [2.24, 2.45) is 10.2 Å². The first kappa shape index (κ1) is 32.5. The largest absolute Gasteiger partial charge is 2.00 e. The molecule has 11 heteroatoms. The Morgan fingerprint density at radius 2 is 1.34 bits per heavy atom. The number of phenolic OH excluding ortho intramolecular Hbond substituents is 1. The summed E-state index contributed by atoms with van der Waals surface area (Å²) in [7, 11) is 0. The number of aromatic hydroxyl groups is 1. The van der Waals surface area contributed by atoms with Gasteiger partial charge in [0, 0.05) is 51.6 Å². The van der Waals surface area contributed by atoms with Gasteiger partial charge in [-0.05, 0) is 61.5 Å². The molecule has 0 atom stereocenters. The molecule has 3 heterocycles. The van der Waals surface area contributed by atoms with E-state index in [1.807, 2.05) is 18.2 Å². The Balaban J connectivity index is 0.000000240. The second-order valence-electron chi connectivity index (χ2n) is 10.1. The van der Waals surface area contributed by atoms with Crippen LogP contribution in [0.3, 0.4) is 0 Å². The first-order chi connectivity index (χ1) is 22.4. The predicted molar refractivity (Wildman–Crippen MR) is 171 cm³/mol. The zero-order chi connectivity index (χ0) is 32.0. The summed E-state index contributed by atoms with van der Waals surface area (Å²) in [5.74, 6) is -1.95. The van der Waals surface area contributed by atoms with Gasteiger partial charge >= 0.3 is 17.1 Å². The first-order valence-corrected chi connectivity index (χ1v) is 14.2. The van der Waals surface area contributed by atoms with Gasteiger partial charge in [-0.15, -0.1) is 0 Å². The zero-order valence-corrected chi connectivity index (χ0v) is 25.7. The molecule has 0 amide bonds. The van der Waals surface area contributed by atoms with E-state index in [4.69, 9.17) is 0 Å². The fourth-order valence-electron chi connectivity index (χ4n) is 4.87. The molecular formula is C36H25CuFN6O3. The van der Waals surface area contributed by atoms with E-state index in [2.05, 4.69) is 49.5 Å². The normalized spacial score (nSPS) is 11.5. The molecule has 0 aliphatic rings. The number of halogens is 1. The van der Waals surface area contributed by atoms with Gasteiger partial charge < -0.3 is 15.3 Å². The third-order valence-corrected chi connectivity index (χ3v) is 7.09. The van der Waals surface area contributed by atoms with E-state index in [1.165, 1.54) is 41.1 Å². The number of rotatable bonds is 5. The van der Waals surface area contributed by atoms with Crippen LogP contribution in [0.1, 0.15) is 22.4 Å². The molecule has 1 N–H and O–H groups in total. The summed E-state index contributed by atoms with van der Waals surface area (Å²) in [5, 5.41) is 50.0. The van der Waals surface area contributed by atoms with E-state index in [1.54, 1.807) is 55.7 Å². The van der Waals surface area contributed by atoms with E-state index in [0.29, 0.717) is 16.9 Å². The van der Waals surface area contributed by atoms with E-state index in [9.17, 15) is 19.7 Å². The molecule has 4 aromatic carbocycles. The summed E-state index contributed by atoms with van der Waals surface area (Å²) in [5.41, 5.74) is 3.44. The van der Waals surface area contributed by atoms with Crippen molar-refractivity contribution in [1.29, 1.82) is 0 Å². The van der Waals surface area contributed by atoms with Gasteiger partial charge in [0.1, 0.15) is 17.3 Å². The number of para-hydroxylation sites is 2. The van der Waals surface area contributed by atoms with Gasteiger partial charge in [0.25, 0.3) is 0 Å². The van der Waals surface area contributed by atoms with E-state index in [0.717, 1.165) is 21.8 Å². The van der Waals surface area contributed by atoms with Crippen LogP contribution in [0.2, 0.25) is 0 Å². The average Bonchev–Trinajstić information content (AvgIpc) is 3.39. The number of aromatic nitrogens is 4. The summed E-state index contributed by atoms with van der Waals surface area (Å²) >= 11 is 0. The van der Waals surface area contributed by atoms with Crippen molar-refractivity contribution in [2.75, 3.05) is 0 Å². The van der Waals surface area contributed by atoms with Gasteiger partial charge in [-0.1, -0.05) is 60.7 Å². The fourth-order valence-corrected chi connectivity index (χ4v) is 4.87. The minimum Gasteiger partial charge on any atom is -0.858 e. The summed E-state index contributed by atoms with van der Waals surface area (Å²) in [6.45, 7) is 1.64. The number of fused-ring (bicyclic) bond motifs is 3. The summed E-state index contributed by atoms with van der Waals surface area (Å²) < 4.78 is 14.7. The van der Waals surface area contributed by atoms with Crippen LogP contribution in [-0.4, -0.2) is 36.5 Å². The Kier molecular flexibility index (Phi) is 10.00. The summed E-state index contributed by atoms with van der Waals surface area (Å²) in [4.78, 5) is 8.69. The number of benzene rings is 4. The summed E-state index contributed by atoms with van der Waals surface area (Å²) in [6.07, 6.45) is 3.60. The Hall–Kier alpha value is -5.90. The van der Waals surface area contributed by atoms with Gasteiger partial charge in [-0.3, -0.25) is 9.97 Å². The van der Waals surface area contributed by atoms with Crippen LogP contribution >= 0.6 is 0 Å². The van der Waals surface area contributed by atoms with Crippen molar-refractivity contribution in [2.45, 2.75) is 6.92 Å². The fraction of sp³-hybridized carbons (Fsp3) is 0.0278. The van der Waals surface area contributed by atoms with Gasteiger partial charge in [-0.25, -0.2) is 9.07 Å².